The van der Waals surface area contributed by atoms with Crippen molar-refractivity contribution in [2.24, 2.45) is 0 Å². The van der Waals surface area contributed by atoms with Crippen LogP contribution in [0.3, 0.4) is 0 Å². The highest BCUT2D eigenvalue weighted by Crippen LogP contribution is 2.31. The molecule has 2 saturated heterocycles. The van der Waals surface area contributed by atoms with E-state index in [2.05, 4.69) is 10.2 Å². The predicted molar refractivity (Wildman–Crippen MR) is 101 cm³/mol. The molecule has 0 aliphatic carbocycles. The lowest BCUT2D eigenvalue weighted by atomic mass is 10.0. The minimum Gasteiger partial charge on any atom is -0.387 e. The molecule has 2 aliphatic heterocycles. The van der Waals surface area contributed by atoms with Gasteiger partial charge in [0.25, 0.3) is 0 Å². The smallest absolute Gasteiger partial charge is 0.172 e. The van der Waals surface area contributed by atoms with E-state index in [-0.39, 0.29) is 0 Å². The molecule has 2 fully saturated rings. The van der Waals surface area contributed by atoms with Crippen molar-refractivity contribution < 1.29 is 5.11 Å². The van der Waals surface area contributed by atoms with Gasteiger partial charge in [-0.05, 0) is 43.6 Å². The molecule has 0 radical (unpaired) electrons. The minimum absolute atomic E-state index is 0.536. The number of hydrogen-bond acceptors (Lipinski definition) is 6. The summed E-state index contributed by atoms with van der Waals surface area (Å²) in [6.45, 7) is 2.59. The Morgan fingerprint density at radius 3 is 2.58 bits per heavy atom. The lowest BCUT2D eigenvalue weighted by Gasteiger charge is -2.30. The number of thioether (sulfide) groups is 1. The van der Waals surface area contributed by atoms with Gasteiger partial charge in [-0.25, -0.2) is 9.97 Å². The average Bonchev–Trinajstić information content (AvgIpc) is 3.07. The summed E-state index contributed by atoms with van der Waals surface area (Å²) in [5.74, 6) is 3.56. The second-order valence-corrected chi connectivity index (χ2v) is 7.92. The Morgan fingerprint density at radius 2 is 1.88 bits per heavy atom. The average molecular weight is 344 g/mol. The van der Waals surface area contributed by atoms with Crippen molar-refractivity contribution >= 4 is 34.4 Å². The van der Waals surface area contributed by atoms with Gasteiger partial charge in [-0.3, -0.25) is 0 Å². The van der Waals surface area contributed by atoms with Crippen molar-refractivity contribution in [2.75, 3.05) is 41.4 Å². The number of fused-ring (bicyclic) bond motifs is 1. The number of rotatable bonds is 4. The number of nitrogens with zero attached hydrogens (tertiary/aromatic N) is 3. The van der Waals surface area contributed by atoms with Crippen molar-refractivity contribution in [2.45, 2.75) is 31.3 Å². The number of aliphatic hydroxyl groups is 1. The van der Waals surface area contributed by atoms with Crippen LogP contribution in [0.5, 0.6) is 0 Å². The maximum Gasteiger partial charge on any atom is 0.172 e. The van der Waals surface area contributed by atoms with Crippen LogP contribution in [0, 0.1) is 0 Å². The molecular weight excluding hydrogens is 320 g/mol. The van der Waals surface area contributed by atoms with Gasteiger partial charge in [0.2, 0.25) is 0 Å². The molecule has 2 aromatic rings. The van der Waals surface area contributed by atoms with Gasteiger partial charge >= 0.3 is 0 Å². The Hall–Kier alpha value is -1.53. The summed E-state index contributed by atoms with van der Waals surface area (Å²) in [7, 11) is 0. The predicted octanol–water partition coefficient (Wildman–Crippen LogP) is 2.90. The van der Waals surface area contributed by atoms with Gasteiger partial charge in [-0.2, -0.15) is 11.8 Å². The minimum atomic E-state index is -0.628. The van der Waals surface area contributed by atoms with Gasteiger partial charge in [-0.1, -0.05) is 12.1 Å². The van der Waals surface area contributed by atoms with Crippen LogP contribution in [-0.2, 0) is 0 Å². The zero-order chi connectivity index (χ0) is 16.4. The molecule has 1 atom stereocenters. The molecule has 1 unspecified atom stereocenters. The largest absolute Gasteiger partial charge is 0.387 e. The quantitative estimate of drug-likeness (QED) is 0.889. The Balaban J connectivity index is 1.65. The highest BCUT2D eigenvalue weighted by atomic mass is 32.2. The first-order valence-electron chi connectivity index (χ1n) is 8.79. The monoisotopic (exact) mass is 344 g/mol. The van der Waals surface area contributed by atoms with Crippen LogP contribution in [0.4, 0.5) is 11.6 Å². The Morgan fingerprint density at radius 1 is 1.12 bits per heavy atom. The summed E-state index contributed by atoms with van der Waals surface area (Å²) >= 11 is 1.81. The van der Waals surface area contributed by atoms with Gasteiger partial charge in [0.1, 0.15) is 0 Å². The maximum absolute atomic E-state index is 10.6. The molecule has 6 heteroatoms. The highest BCUT2D eigenvalue weighted by molar-refractivity contribution is 7.99. The maximum atomic E-state index is 10.6. The third-order valence-corrected chi connectivity index (χ3v) is 6.11. The number of benzene rings is 1. The van der Waals surface area contributed by atoms with E-state index in [9.17, 15) is 5.11 Å². The summed E-state index contributed by atoms with van der Waals surface area (Å²) in [4.78, 5) is 12.0. The zero-order valence-corrected chi connectivity index (χ0v) is 14.7. The third kappa shape index (κ3) is 3.30. The molecule has 2 N–H and O–H groups in total. The number of piperidine rings is 1. The lowest BCUT2D eigenvalue weighted by Crippen LogP contribution is -2.38. The normalized spacial score (nSPS) is 24.5. The second kappa shape index (κ2) is 6.76. The molecule has 0 amide bonds. The fraction of sp³-hybridized carbons (Fsp3) is 0.556. The van der Waals surface area contributed by atoms with Gasteiger partial charge in [0, 0.05) is 25.4 Å². The molecular formula is C18H24N4OS. The second-order valence-electron chi connectivity index (χ2n) is 6.81. The van der Waals surface area contributed by atoms with Crippen LogP contribution in [0.15, 0.2) is 24.3 Å². The van der Waals surface area contributed by atoms with E-state index >= 15 is 0 Å². The van der Waals surface area contributed by atoms with Crippen LogP contribution in [0.2, 0.25) is 0 Å². The third-order valence-electron chi connectivity index (χ3n) is 4.88. The fourth-order valence-electron chi connectivity index (χ4n) is 3.42. The van der Waals surface area contributed by atoms with Crippen LogP contribution in [0.25, 0.3) is 11.0 Å². The molecule has 0 bridgehead atoms. The molecule has 2 aliphatic rings. The SMILES string of the molecule is OC1(CNc2nc3ccccc3nc2N2CCCCC2)CCSC1. The van der Waals surface area contributed by atoms with Gasteiger partial charge < -0.3 is 15.3 Å². The first-order chi connectivity index (χ1) is 11.7. The number of nitrogens with one attached hydrogen (secondary N) is 1. The topological polar surface area (TPSA) is 61.3 Å². The number of para-hydroxylation sites is 2. The number of anilines is 2. The van der Waals surface area contributed by atoms with Crippen LogP contribution < -0.4 is 10.2 Å². The van der Waals surface area contributed by atoms with E-state index in [4.69, 9.17) is 9.97 Å². The molecule has 1 aromatic carbocycles. The molecule has 1 aromatic heterocycles. The van der Waals surface area contributed by atoms with E-state index in [1.807, 2.05) is 36.0 Å². The van der Waals surface area contributed by atoms with Crippen molar-refractivity contribution in [3.63, 3.8) is 0 Å². The van der Waals surface area contributed by atoms with E-state index in [0.717, 1.165) is 53.7 Å². The number of aromatic nitrogens is 2. The lowest BCUT2D eigenvalue weighted by molar-refractivity contribution is 0.0819. The zero-order valence-electron chi connectivity index (χ0n) is 13.9. The van der Waals surface area contributed by atoms with E-state index < -0.39 is 5.60 Å². The van der Waals surface area contributed by atoms with Gasteiger partial charge in [-0.15, -0.1) is 0 Å². The molecule has 0 saturated carbocycles. The molecule has 24 heavy (non-hydrogen) atoms. The molecule has 0 spiro atoms. The summed E-state index contributed by atoms with van der Waals surface area (Å²) in [5, 5.41) is 14.0. The summed E-state index contributed by atoms with van der Waals surface area (Å²) in [6, 6.07) is 8.00. The summed E-state index contributed by atoms with van der Waals surface area (Å²) < 4.78 is 0. The molecule has 4 rings (SSSR count). The van der Waals surface area contributed by atoms with Crippen molar-refractivity contribution in [3.05, 3.63) is 24.3 Å². The molecule has 3 heterocycles. The molecule has 128 valence electrons. The van der Waals surface area contributed by atoms with E-state index in [0.29, 0.717) is 6.54 Å². The Bertz CT molecular complexity index is 711. The number of hydrogen-bond donors (Lipinski definition) is 2. The highest BCUT2D eigenvalue weighted by Gasteiger charge is 2.32. The Labute approximate surface area is 146 Å². The van der Waals surface area contributed by atoms with Gasteiger partial charge in [0.05, 0.1) is 16.6 Å². The van der Waals surface area contributed by atoms with E-state index in [1.54, 1.807) is 0 Å². The Kier molecular flexibility index (Phi) is 4.50. The van der Waals surface area contributed by atoms with Crippen LogP contribution >= 0.6 is 11.8 Å². The summed E-state index contributed by atoms with van der Waals surface area (Å²) in [5.41, 5.74) is 1.20. The van der Waals surface area contributed by atoms with Crippen molar-refractivity contribution in [1.29, 1.82) is 0 Å². The van der Waals surface area contributed by atoms with Crippen LogP contribution in [0.1, 0.15) is 25.7 Å². The van der Waals surface area contributed by atoms with Crippen molar-refractivity contribution in [3.8, 4) is 0 Å². The fourth-order valence-corrected chi connectivity index (χ4v) is 4.71. The first kappa shape index (κ1) is 16.0. The van der Waals surface area contributed by atoms with Gasteiger partial charge in [0.15, 0.2) is 11.6 Å². The standard InChI is InChI=1S/C18H24N4OS/c23-18(8-11-24-13-18)12-19-16-17(22-9-4-1-5-10-22)21-15-7-3-2-6-14(15)20-16/h2-3,6-7,23H,1,4-5,8-13H2,(H,19,20). The summed E-state index contributed by atoms with van der Waals surface area (Å²) in [6.07, 6.45) is 4.53. The van der Waals surface area contributed by atoms with Crippen LogP contribution in [-0.4, -0.2) is 51.8 Å². The van der Waals surface area contributed by atoms with E-state index in [1.165, 1.54) is 19.3 Å². The first-order valence-corrected chi connectivity index (χ1v) is 9.95. The van der Waals surface area contributed by atoms with Crippen molar-refractivity contribution in [1.82, 2.24) is 9.97 Å². The molecule has 5 nitrogen and oxygen atoms in total.